The summed E-state index contributed by atoms with van der Waals surface area (Å²) in [5.74, 6) is -1.87. The first-order valence-corrected chi connectivity index (χ1v) is 9.32. The smallest absolute Gasteiger partial charge is 0.314 e. The Morgan fingerprint density at radius 2 is 1.78 bits per heavy atom. The van der Waals surface area contributed by atoms with Crippen LogP contribution in [0.1, 0.15) is 28.0 Å². The molecule has 3 rings (SSSR count). The van der Waals surface area contributed by atoms with E-state index >= 15 is 0 Å². The number of nitrogens with one attached hydrogen (secondary N) is 1. The van der Waals surface area contributed by atoms with Crippen molar-refractivity contribution in [2.24, 2.45) is 5.92 Å². The number of anilines is 1. The van der Waals surface area contributed by atoms with Gasteiger partial charge in [-0.05, 0) is 24.1 Å². The van der Waals surface area contributed by atoms with Crippen molar-refractivity contribution < 1.29 is 23.8 Å². The van der Waals surface area contributed by atoms with Crippen molar-refractivity contribution >= 4 is 28.4 Å². The van der Waals surface area contributed by atoms with E-state index in [1.165, 1.54) is 25.6 Å². The van der Waals surface area contributed by atoms with Crippen LogP contribution in [-0.2, 0) is 25.5 Å². The monoisotopic (exact) mass is 390 g/mol. The fourth-order valence-electron chi connectivity index (χ4n) is 3.58. The Labute approximate surface area is 161 Å². The van der Waals surface area contributed by atoms with Crippen LogP contribution >= 0.6 is 11.3 Å². The first kappa shape index (κ1) is 19.2. The van der Waals surface area contributed by atoms with E-state index in [0.29, 0.717) is 11.6 Å². The number of benzene rings is 1. The zero-order valence-electron chi connectivity index (χ0n) is 15.6. The van der Waals surface area contributed by atoms with Crippen LogP contribution in [0.25, 0.3) is 0 Å². The van der Waals surface area contributed by atoms with Gasteiger partial charge in [-0.1, -0.05) is 12.1 Å². The van der Waals surface area contributed by atoms with Crippen molar-refractivity contribution in [3.8, 4) is 5.75 Å². The molecule has 1 aliphatic carbocycles. The molecule has 0 saturated heterocycles. The second-order valence-electron chi connectivity index (χ2n) is 6.21. The Kier molecular flexibility index (Phi) is 5.65. The number of aromatic nitrogens is 1. The molecular formula is C19H22N2O5S. The highest BCUT2D eigenvalue weighted by Gasteiger charge is 2.48. The first-order valence-electron chi connectivity index (χ1n) is 8.51. The molecule has 1 N–H and O–H groups in total. The van der Waals surface area contributed by atoms with Crippen LogP contribution in [0, 0.1) is 5.92 Å². The fourth-order valence-corrected chi connectivity index (χ4v) is 4.67. The van der Waals surface area contributed by atoms with E-state index < -0.39 is 23.8 Å². The predicted octanol–water partition coefficient (Wildman–Crippen LogP) is 2.58. The summed E-state index contributed by atoms with van der Waals surface area (Å²) in [6.07, 6.45) is 0.535. The molecule has 8 heteroatoms. The minimum Gasteiger partial charge on any atom is -0.497 e. The van der Waals surface area contributed by atoms with Crippen molar-refractivity contribution in [2.45, 2.75) is 18.3 Å². The van der Waals surface area contributed by atoms with Gasteiger partial charge in [0.1, 0.15) is 11.7 Å². The maximum absolute atomic E-state index is 12.7. The van der Waals surface area contributed by atoms with Crippen LogP contribution in [0.2, 0.25) is 0 Å². The summed E-state index contributed by atoms with van der Waals surface area (Å²) in [5.41, 5.74) is 1.73. The van der Waals surface area contributed by atoms with E-state index in [0.717, 1.165) is 21.9 Å². The molecule has 0 bridgehead atoms. The SMILES string of the molecule is CNc1nc2c(s1)[C@H](C(=O)OC)[C@H](C(=O)OC)[C@H](c1ccc(OC)cc1)C2. The molecule has 1 aliphatic rings. The van der Waals surface area contributed by atoms with Gasteiger partial charge in [-0.25, -0.2) is 4.98 Å². The molecule has 1 aromatic carbocycles. The molecule has 144 valence electrons. The molecule has 1 heterocycles. The molecule has 2 aromatic rings. The lowest BCUT2D eigenvalue weighted by atomic mass is 9.70. The van der Waals surface area contributed by atoms with E-state index in [9.17, 15) is 9.59 Å². The van der Waals surface area contributed by atoms with Crippen LogP contribution in [0.5, 0.6) is 5.75 Å². The van der Waals surface area contributed by atoms with Crippen molar-refractivity contribution in [3.63, 3.8) is 0 Å². The summed E-state index contributed by atoms with van der Waals surface area (Å²) in [7, 11) is 6.04. The second-order valence-corrected chi connectivity index (χ2v) is 7.24. The van der Waals surface area contributed by atoms with Gasteiger partial charge in [-0.15, -0.1) is 11.3 Å². The van der Waals surface area contributed by atoms with Gasteiger partial charge >= 0.3 is 11.9 Å². The normalized spacial score (nSPS) is 21.1. The quantitative estimate of drug-likeness (QED) is 0.785. The Morgan fingerprint density at radius 1 is 1.11 bits per heavy atom. The molecule has 27 heavy (non-hydrogen) atoms. The lowest BCUT2D eigenvalue weighted by Gasteiger charge is -2.34. The average Bonchev–Trinajstić information content (AvgIpc) is 3.14. The summed E-state index contributed by atoms with van der Waals surface area (Å²) in [6, 6.07) is 7.49. The highest BCUT2D eigenvalue weighted by atomic mass is 32.1. The van der Waals surface area contributed by atoms with Crippen LogP contribution in [0.15, 0.2) is 24.3 Å². The zero-order chi connectivity index (χ0) is 19.6. The molecule has 1 aromatic heterocycles. The van der Waals surface area contributed by atoms with Crippen LogP contribution in [0.3, 0.4) is 0 Å². The number of fused-ring (bicyclic) bond motifs is 1. The number of ether oxygens (including phenoxy) is 3. The molecule has 3 atom stereocenters. The molecule has 7 nitrogen and oxygen atoms in total. The number of nitrogens with zero attached hydrogens (tertiary/aromatic N) is 1. The topological polar surface area (TPSA) is 86.8 Å². The van der Waals surface area contributed by atoms with Crippen molar-refractivity contribution in [3.05, 3.63) is 40.4 Å². The Balaban J connectivity index is 2.13. The van der Waals surface area contributed by atoms with E-state index in [4.69, 9.17) is 14.2 Å². The van der Waals surface area contributed by atoms with Gasteiger partial charge in [0, 0.05) is 17.8 Å². The molecule has 0 saturated carbocycles. The number of methoxy groups -OCH3 is 3. The molecule has 0 unspecified atom stereocenters. The van der Waals surface area contributed by atoms with Crippen molar-refractivity contribution in [2.75, 3.05) is 33.7 Å². The fraction of sp³-hybridized carbons (Fsp3) is 0.421. The maximum Gasteiger partial charge on any atom is 0.314 e. The van der Waals surface area contributed by atoms with Crippen molar-refractivity contribution in [1.82, 2.24) is 4.98 Å². The van der Waals surface area contributed by atoms with Gasteiger partial charge in [-0.3, -0.25) is 9.59 Å². The number of thiazole rings is 1. The lowest BCUT2D eigenvalue weighted by molar-refractivity contribution is -0.155. The highest BCUT2D eigenvalue weighted by molar-refractivity contribution is 7.16. The average molecular weight is 390 g/mol. The molecule has 0 aliphatic heterocycles. The van der Waals surface area contributed by atoms with E-state index in [1.807, 2.05) is 24.3 Å². The minimum absolute atomic E-state index is 0.258. The molecular weight excluding hydrogens is 368 g/mol. The highest BCUT2D eigenvalue weighted by Crippen LogP contribution is 2.48. The minimum atomic E-state index is -0.752. The lowest BCUT2D eigenvalue weighted by Crippen LogP contribution is -2.38. The standard InChI is InChI=1S/C19H22N2O5S/c1-20-19-21-13-9-12(10-5-7-11(24-2)8-6-10)14(17(22)25-3)15(16(13)27-19)18(23)26-4/h5-8,12,14-15H,9H2,1-4H3,(H,20,21)/t12-,14+,15+/m0/s1. The van der Waals surface area contributed by atoms with E-state index in [1.54, 1.807) is 14.2 Å². The van der Waals surface area contributed by atoms with Gasteiger partial charge in [0.05, 0.1) is 32.9 Å². The van der Waals surface area contributed by atoms with Gasteiger partial charge in [-0.2, -0.15) is 0 Å². The van der Waals surface area contributed by atoms with Crippen LogP contribution in [0.4, 0.5) is 5.13 Å². The second kappa shape index (κ2) is 7.96. The van der Waals surface area contributed by atoms with Gasteiger partial charge < -0.3 is 19.5 Å². The molecule has 0 amide bonds. The largest absolute Gasteiger partial charge is 0.497 e. The number of hydrogen-bond acceptors (Lipinski definition) is 8. The Morgan fingerprint density at radius 3 is 2.33 bits per heavy atom. The van der Waals surface area contributed by atoms with Gasteiger partial charge in [0.25, 0.3) is 0 Å². The number of hydrogen-bond donors (Lipinski definition) is 1. The van der Waals surface area contributed by atoms with Gasteiger partial charge in [0.2, 0.25) is 0 Å². The zero-order valence-corrected chi connectivity index (χ0v) is 16.5. The predicted molar refractivity (Wildman–Crippen MR) is 101 cm³/mol. The summed E-state index contributed by atoms with van der Waals surface area (Å²) in [6.45, 7) is 0. The van der Waals surface area contributed by atoms with E-state index in [2.05, 4.69) is 10.3 Å². The number of carbonyl (C=O) groups excluding carboxylic acids is 2. The Hall–Kier alpha value is -2.61. The van der Waals surface area contributed by atoms with Gasteiger partial charge in [0.15, 0.2) is 5.13 Å². The van der Waals surface area contributed by atoms with Crippen LogP contribution < -0.4 is 10.1 Å². The third-order valence-corrected chi connectivity index (χ3v) is 6.10. The summed E-state index contributed by atoms with van der Waals surface area (Å²) in [5, 5.41) is 3.71. The maximum atomic E-state index is 12.7. The summed E-state index contributed by atoms with van der Waals surface area (Å²) < 4.78 is 15.3. The van der Waals surface area contributed by atoms with E-state index in [-0.39, 0.29) is 5.92 Å². The molecule has 0 fully saturated rings. The number of esters is 2. The molecule has 0 spiro atoms. The summed E-state index contributed by atoms with van der Waals surface area (Å²) >= 11 is 1.37. The third-order valence-electron chi connectivity index (χ3n) is 4.90. The summed E-state index contributed by atoms with van der Waals surface area (Å²) in [4.78, 5) is 30.7. The molecule has 0 radical (unpaired) electrons. The Bertz CT molecular complexity index is 833. The number of carbonyl (C=O) groups is 2. The third kappa shape index (κ3) is 3.49. The first-order chi connectivity index (χ1) is 13.0. The van der Waals surface area contributed by atoms with Crippen molar-refractivity contribution in [1.29, 1.82) is 0 Å². The van der Waals surface area contributed by atoms with Crippen LogP contribution in [-0.4, -0.2) is 45.3 Å². The number of rotatable bonds is 5.